The van der Waals surface area contributed by atoms with Crippen LogP contribution in [0.25, 0.3) is 0 Å². The molecule has 0 aliphatic rings. The molecule has 0 aliphatic heterocycles. The first-order valence-electron chi connectivity index (χ1n) is 6.70. The van der Waals surface area contributed by atoms with Crippen LogP contribution < -0.4 is 14.8 Å². The molecule has 0 atom stereocenters. The van der Waals surface area contributed by atoms with Gasteiger partial charge in [0, 0.05) is 11.3 Å². The van der Waals surface area contributed by atoms with E-state index in [0.29, 0.717) is 29.5 Å². The van der Waals surface area contributed by atoms with E-state index in [-0.39, 0.29) is 5.91 Å². The first kappa shape index (κ1) is 14.8. The summed E-state index contributed by atoms with van der Waals surface area (Å²) in [5.74, 6) is 1.43. The highest BCUT2D eigenvalue weighted by molar-refractivity contribution is 6.04. The topological polar surface area (TPSA) is 60.5 Å². The first-order valence-corrected chi connectivity index (χ1v) is 6.70. The van der Waals surface area contributed by atoms with Gasteiger partial charge < -0.3 is 14.8 Å². The van der Waals surface area contributed by atoms with Crippen molar-refractivity contribution in [2.24, 2.45) is 0 Å². The summed E-state index contributed by atoms with van der Waals surface area (Å²) in [4.78, 5) is 16.5. The van der Waals surface area contributed by atoms with Gasteiger partial charge in [0.05, 0.1) is 13.7 Å². The Bertz CT molecular complexity index is 641. The smallest absolute Gasteiger partial charge is 0.256 e. The number of carbonyl (C=O) groups is 1. The summed E-state index contributed by atoms with van der Waals surface area (Å²) in [6, 6.07) is 10.5. The van der Waals surface area contributed by atoms with Crippen LogP contribution in [0.2, 0.25) is 0 Å². The summed E-state index contributed by atoms with van der Waals surface area (Å²) in [5, 5.41) is 2.76. The average molecular weight is 286 g/mol. The minimum absolute atomic E-state index is 0.239. The Hall–Kier alpha value is -2.56. The minimum atomic E-state index is -0.239. The van der Waals surface area contributed by atoms with Crippen LogP contribution in [-0.4, -0.2) is 24.6 Å². The number of hydrogen-bond acceptors (Lipinski definition) is 4. The number of hydrogen-bond donors (Lipinski definition) is 1. The van der Waals surface area contributed by atoms with E-state index in [1.807, 2.05) is 26.0 Å². The first-order chi connectivity index (χ1) is 10.1. The molecule has 21 heavy (non-hydrogen) atoms. The summed E-state index contributed by atoms with van der Waals surface area (Å²) < 4.78 is 10.7. The highest BCUT2D eigenvalue weighted by Gasteiger charge is 2.11. The zero-order chi connectivity index (χ0) is 15.2. The lowest BCUT2D eigenvalue weighted by atomic mass is 10.2. The number of aryl methyl sites for hydroxylation is 1. The second-order valence-corrected chi connectivity index (χ2v) is 4.42. The molecule has 0 unspecified atom stereocenters. The Balaban J connectivity index is 2.21. The number of amides is 1. The zero-order valence-electron chi connectivity index (χ0n) is 12.3. The molecule has 0 radical (unpaired) electrons. The quantitative estimate of drug-likeness (QED) is 0.917. The Morgan fingerprint density at radius 2 is 2.05 bits per heavy atom. The van der Waals surface area contributed by atoms with Gasteiger partial charge in [-0.25, -0.2) is 4.98 Å². The number of carbonyl (C=O) groups excluding carboxylic acids is 1. The Morgan fingerprint density at radius 3 is 2.71 bits per heavy atom. The molecule has 0 saturated heterocycles. The van der Waals surface area contributed by atoms with E-state index in [1.54, 1.807) is 31.4 Å². The van der Waals surface area contributed by atoms with Crippen LogP contribution in [0.1, 0.15) is 23.0 Å². The van der Waals surface area contributed by atoms with Crippen LogP contribution >= 0.6 is 0 Å². The SMILES string of the molecule is CCOc1cc(C(=O)Nc2cccc(C)n2)ccc1OC. The normalized spacial score (nSPS) is 10.0. The van der Waals surface area contributed by atoms with Gasteiger partial charge in [-0.3, -0.25) is 4.79 Å². The van der Waals surface area contributed by atoms with Crippen LogP contribution in [0, 0.1) is 6.92 Å². The standard InChI is InChI=1S/C16H18N2O3/c1-4-21-14-10-12(8-9-13(14)20-3)16(19)18-15-7-5-6-11(2)17-15/h5-10H,4H2,1-3H3,(H,17,18,19). The molecule has 0 fully saturated rings. The molecule has 2 rings (SSSR count). The lowest BCUT2D eigenvalue weighted by Crippen LogP contribution is -2.13. The van der Waals surface area contributed by atoms with Crippen molar-refractivity contribution in [3.63, 3.8) is 0 Å². The molecule has 1 amide bonds. The molecule has 1 N–H and O–H groups in total. The van der Waals surface area contributed by atoms with Crippen molar-refractivity contribution in [3.8, 4) is 11.5 Å². The molecule has 1 aromatic heterocycles. The molecule has 0 saturated carbocycles. The van der Waals surface area contributed by atoms with Gasteiger partial charge in [0.25, 0.3) is 5.91 Å². The minimum Gasteiger partial charge on any atom is -0.493 e. The van der Waals surface area contributed by atoms with Crippen LogP contribution in [0.15, 0.2) is 36.4 Å². The molecule has 2 aromatic rings. The molecule has 1 heterocycles. The third kappa shape index (κ3) is 3.72. The van der Waals surface area contributed by atoms with Gasteiger partial charge in [-0.05, 0) is 44.2 Å². The molecule has 0 spiro atoms. The number of methoxy groups -OCH3 is 1. The second-order valence-electron chi connectivity index (χ2n) is 4.42. The third-order valence-electron chi connectivity index (χ3n) is 2.86. The fraction of sp³-hybridized carbons (Fsp3) is 0.250. The number of aromatic nitrogens is 1. The van der Waals surface area contributed by atoms with E-state index >= 15 is 0 Å². The molecule has 110 valence electrons. The maximum absolute atomic E-state index is 12.2. The van der Waals surface area contributed by atoms with E-state index in [2.05, 4.69) is 10.3 Å². The number of nitrogens with one attached hydrogen (secondary N) is 1. The number of ether oxygens (including phenoxy) is 2. The number of pyridine rings is 1. The number of rotatable bonds is 5. The highest BCUT2D eigenvalue weighted by atomic mass is 16.5. The molecule has 5 nitrogen and oxygen atoms in total. The van der Waals surface area contributed by atoms with E-state index in [9.17, 15) is 4.79 Å². The van der Waals surface area contributed by atoms with Crippen molar-refractivity contribution >= 4 is 11.7 Å². The molecular formula is C16H18N2O3. The van der Waals surface area contributed by atoms with Gasteiger partial charge >= 0.3 is 0 Å². The summed E-state index contributed by atoms with van der Waals surface area (Å²) >= 11 is 0. The Labute approximate surface area is 123 Å². The summed E-state index contributed by atoms with van der Waals surface area (Å²) in [5.41, 5.74) is 1.33. The number of anilines is 1. The summed E-state index contributed by atoms with van der Waals surface area (Å²) in [7, 11) is 1.56. The van der Waals surface area contributed by atoms with Gasteiger partial charge in [-0.15, -0.1) is 0 Å². The van der Waals surface area contributed by atoms with Crippen LogP contribution in [0.5, 0.6) is 11.5 Å². The van der Waals surface area contributed by atoms with Crippen LogP contribution in [0.3, 0.4) is 0 Å². The monoisotopic (exact) mass is 286 g/mol. The lowest BCUT2D eigenvalue weighted by Gasteiger charge is -2.11. The molecular weight excluding hydrogens is 268 g/mol. The van der Waals surface area contributed by atoms with Gasteiger partial charge in [0.15, 0.2) is 11.5 Å². The summed E-state index contributed by atoms with van der Waals surface area (Å²) in [6.07, 6.45) is 0. The van der Waals surface area contributed by atoms with Crippen LogP contribution in [-0.2, 0) is 0 Å². The fourth-order valence-corrected chi connectivity index (χ4v) is 1.89. The largest absolute Gasteiger partial charge is 0.493 e. The molecule has 1 aromatic carbocycles. The van der Waals surface area contributed by atoms with Gasteiger partial charge in [0.1, 0.15) is 5.82 Å². The third-order valence-corrected chi connectivity index (χ3v) is 2.86. The molecule has 0 bridgehead atoms. The second kappa shape index (κ2) is 6.74. The maximum atomic E-state index is 12.2. The predicted molar refractivity (Wildman–Crippen MR) is 81.1 cm³/mol. The Morgan fingerprint density at radius 1 is 1.24 bits per heavy atom. The maximum Gasteiger partial charge on any atom is 0.256 e. The Kier molecular flexibility index (Phi) is 4.77. The van der Waals surface area contributed by atoms with Crippen molar-refractivity contribution in [1.82, 2.24) is 4.98 Å². The number of nitrogens with zero attached hydrogens (tertiary/aromatic N) is 1. The van der Waals surface area contributed by atoms with E-state index in [0.717, 1.165) is 5.69 Å². The van der Waals surface area contributed by atoms with Gasteiger partial charge in [-0.1, -0.05) is 6.07 Å². The van der Waals surface area contributed by atoms with Crippen molar-refractivity contribution in [2.75, 3.05) is 19.0 Å². The van der Waals surface area contributed by atoms with Crippen molar-refractivity contribution in [3.05, 3.63) is 47.7 Å². The number of benzene rings is 1. The molecule has 0 aliphatic carbocycles. The van der Waals surface area contributed by atoms with Crippen molar-refractivity contribution < 1.29 is 14.3 Å². The van der Waals surface area contributed by atoms with E-state index < -0.39 is 0 Å². The predicted octanol–water partition coefficient (Wildman–Crippen LogP) is 3.05. The fourth-order valence-electron chi connectivity index (χ4n) is 1.89. The zero-order valence-corrected chi connectivity index (χ0v) is 12.3. The van der Waals surface area contributed by atoms with E-state index in [4.69, 9.17) is 9.47 Å². The lowest BCUT2D eigenvalue weighted by molar-refractivity contribution is 0.102. The van der Waals surface area contributed by atoms with Crippen LogP contribution in [0.4, 0.5) is 5.82 Å². The summed E-state index contributed by atoms with van der Waals surface area (Å²) in [6.45, 7) is 4.25. The van der Waals surface area contributed by atoms with Crippen molar-refractivity contribution in [1.29, 1.82) is 0 Å². The molecule has 5 heteroatoms. The van der Waals surface area contributed by atoms with Gasteiger partial charge in [0.2, 0.25) is 0 Å². The average Bonchev–Trinajstić information content (AvgIpc) is 2.47. The van der Waals surface area contributed by atoms with Gasteiger partial charge in [-0.2, -0.15) is 0 Å². The van der Waals surface area contributed by atoms with E-state index in [1.165, 1.54) is 0 Å². The van der Waals surface area contributed by atoms with Crippen molar-refractivity contribution in [2.45, 2.75) is 13.8 Å². The highest BCUT2D eigenvalue weighted by Crippen LogP contribution is 2.28.